The van der Waals surface area contributed by atoms with Gasteiger partial charge in [0.05, 0.1) is 17.1 Å². The van der Waals surface area contributed by atoms with E-state index in [-0.39, 0.29) is 11.7 Å². The number of nitrogens with zero attached hydrogens (tertiary/aromatic N) is 2. The number of aryl methyl sites for hydroxylation is 3. The Bertz CT molecular complexity index is 1140. The third kappa shape index (κ3) is 4.48. The Morgan fingerprint density at radius 2 is 1.79 bits per heavy atom. The van der Waals surface area contributed by atoms with E-state index in [4.69, 9.17) is 5.73 Å². The minimum absolute atomic E-state index is 0.121. The molecule has 1 aromatic carbocycles. The van der Waals surface area contributed by atoms with E-state index in [1.807, 2.05) is 38.1 Å². The highest BCUT2D eigenvalue weighted by molar-refractivity contribution is 7.90. The lowest BCUT2D eigenvalue weighted by Gasteiger charge is -2.06. The third-order valence-electron chi connectivity index (χ3n) is 4.58. The van der Waals surface area contributed by atoms with Gasteiger partial charge >= 0.3 is 0 Å². The van der Waals surface area contributed by atoms with Crippen LogP contribution in [0, 0.1) is 13.8 Å². The molecule has 3 N–H and O–H groups in total. The average Bonchev–Trinajstić information content (AvgIpc) is 2.98. The van der Waals surface area contributed by atoms with Crippen molar-refractivity contribution in [2.24, 2.45) is 0 Å². The number of carbonyl (C=O) groups is 1. The van der Waals surface area contributed by atoms with Crippen molar-refractivity contribution in [2.45, 2.75) is 26.8 Å². The molecule has 0 aliphatic heterocycles. The first-order valence-corrected chi connectivity index (χ1v) is 11.6. The monoisotopic (exact) mass is 418 g/mol. The summed E-state index contributed by atoms with van der Waals surface area (Å²) in [5.74, 6) is -0.130. The standard InChI is InChI=1S/C19H22N4O3S2/c1-11-12(2)22-23-19-15(11)16(20)17(27-19)18(24)21-10-14-6-4-13(5-7-14)8-9-28(3,25)26/h4-7H,8-10,20H2,1-3H3,(H,21,24). The van der Waals surface area contributed by atoms with Crippen LogP contribution in [0.15, 0.2) is 24.3 Å². The van der Waals surface area contributed by atoms with Gasteiger partial charge in [0.15, 0.2) is 0 Å². The number of carbonyl (C=O) groups excluding carboxylic acids is 1. The van der Waals surface area contributed by atoms with E-state index in [0.29, 0.717) is 28.4 Å². The van der Waals surface area contributed by atoms with Crippen LogP contribution in [-0.4, -0.2) is 36.5 Å². The Kier molecular flexibility index (Phi) is 5.66. The van der Waals surface area contributed by atoms with E-state index in [9.17, 15) is 13.2 Å². The third-order valence-corrected chi connectivity index (χ3v) is 6.61. The number of nitrogen functional groups attached to an aromatic ring is 1. The van der Waals surface area contributed by atoms with Crippen molar-refractivity contribution in [3.8, 4) is 0 Å². The summed E-state index contributed by atoms with van der Waals surface area (Å²) < 4.78 is 22.5. The van der Waals surface area contributed by atoms with Gasteiger partial charge in [0.2, 0.25) is 0 Å². The molecule has 0 aliphatic rings. The molecule has 0 spiro atoms. The van der Waals surface area contributed by atoms with Gasteiger partial charge in [-0.15, -0.1) is 16.4 Å². The van der Waals surface area contributed by atoms with Crippen LogP contribution in [0.1, 0.15) is 32.1 Å². The van der Waals surface area contributed by atoms with Gasteiger partial charge in [0, 0.05) is 18.2 Å². The molecule has 0 bridgehead atoms. The molecule has 3 rings (SSSR count). The number of anilines is 1. The molecule has 0 saturated heterocycles. The molecular formula is C19H22N4O3S2. The zero-order chi connectivity index (χ0) is 20.5. The molecule has 3 aromatic rings. The molecular weight excluding hydrogens is 396 g/mol. The van der Waals surface area contributed by atoms with Gasteiger partial charge in [-0.05, 0) is 37.0 Å². The molecule has 7 nitrogen and oxygen atoms in total. The van der Waals surface area contributed by atoms with Crippen molar-refractivity contribution in [1.82, 2.24) is 15.5 Å². The second-order valence-corrected chi connectivity index (χ2v) is 10.1. The highest BCUT2D eigenvalue weighted by Gasteiger charge is 2.19. The van der Waals surface area contributed by atoms with Gasteiger partial charge in [0.1, 0.15) is 19.5 Å². The van der Waals surface area contributed by atoms with Crippen LogP contribution in [0.5, 0.6) is 0 Å². The van der Waals surface area contributed by atoms with Crippen molar-refractivity contribution in [2.75, 3.05) is 17.7 Å². The molecule has 0 atom stereocenters. The fraction of sp³-hybridized carbons (Fsp3) is 0.316. The SMILES string of the molecule is Cc1nnc2sc(C(=O)NCc3ccc(CCS(C)(=O)=O)cc3)c(N)c2c1C. The van der Waals surface area contributed by atoms with Crippen molar-refractivity contribution in [3.63, 3.8) is 0 Å². The van der Waals surface area contributed by atoms with Crippen LogP contribution in [-0.2, 0) is 22.8 Å². The molecule has 0 aliphatic carbocycles. The number of amides is 1. The summed E-state index contributed by atoms with van der Waals surface area (Å²) >= 11 is 1.23. The second kappa shape index (κ2) is 7.84. The molecule has 2 aromatic heterocycles. The molecule has 0 radical (unpaired) electrons. The lowest BCUT2D eigenvalue weighted by molar-refractivity contribution is 0.0956. The number of aromatic nitrogens is 2. The number of rotatable bonds is 6. The number of benzene rings is 1. The summed E-state index contributed by atoms with van der Waals surface area (Å²) in [6.07, 6.45) is 1.70. The van der Waals surface area contributed by atoms with E-state index < -0.39 is 9.84 Å². The fourth-order valence-corrected chi connectivity index (χ4v) is 4.42. The maximum Gasteiger partial charge on any atom is 0.263 e. The number of thiophene rings is 1. The Morgan fingerprint density at radius 3 is 2.43 bits per heavy atom. The first-order chi connectivity index (χ1) is 13.2. The molecule has 28 heavy (non-hydrogen) atoms. The maximum absolute atomic E-state index is 12.6. The summed E-state index contributed by atoms with van der Waals surface area (Å²) in [6.45, 7) is 4.13. The summed E-state index contributed by atoms with van der Waals surface area (Å²) in [6, 6.07) is 7.51. The van der Waals surface area contributed by atoms with E-state index in [1.54, 1.807) is 0 Å². The van der Waals surface area contributed by atoms with Crippen molar-refractivity contribution in [1.29, 1.82) is 0 Å². The minimum atomic E-state index is -2.98. The van der Waals surface area contributed by atoms with Crippen molar-refractivity contribution in [3.05, 3.63) is 51.5 Å². The highest BCUT2D eigenvalue weighted by atomic mass is 32.2. The van der Waals surface area contributed by atoms with Gasteiger partial charge in [-0.1, -0.05) is 24.3 Å². The van der Waals surface area contributed by atoms with Crippen LogP contribution in [0.2, 0.25) is 0 Å². The van der Waals surface area contributed by atoms with Gasteiger partial charge in [-0.2, -0.15) is 5.10 Å². The maximum atomic E-state index is 12.6. The predicted molar refractivity (Wildman–Crippen MR) is 112 cm³/mol. The van der Waals surface area contributed by atoms with Crippen LogP contribution < -0.4 is 11.1 Å². The quantitative estimate of drug-likeness (QED) is 0.635. The lowest BCUT2D eigenvalue weighted by atomic mass is 10.1. The summed E-state index contributed by atoms with van der Waals surface area (Å²) in [7, 11) is -2.98. The predicted octanol–water partition coefficient (Wildman–Crippen LogP) is 2.41. The fourth-order valence-electron chi connectivity index (χ4n) is 2.80. The van der Waals surface area contributed by atoms with Crippen molar-refractivity contribution >= 4 is 43.0 Å². The van der Waals surface area contributed by atoms with Crippen LogP contribution in [0.4, 0.5) is 5.69 Å². The minimum Gasteiger partial charge on any atom is -0.397 e. The molecule has 1 amide bonds. The molecule has 0 fully saturated rings. The van der Waals surface area contributed by atoms with Gasteiger partial charge in [-0.25, -0.2) is 8.42 Å². The van der Waals surface area contributed by atoms with Crippen LogP contribution in [0.3, 0.4) is 0 Å². The van der Waals surface area contributed by atoms with E-state index in [2.05, 4.69) is 15.5 Å². The van der Waals surface area contributed by atoms with E-state index >= 15 is 0 Å². The number of hydrogen-bond donors (Lipinski definition) is 2. The van der Waals surface area contributed by atoms with Crippen LogP contribution in [0.25, 0.3) is 10.2 Å². The second-order valence-electron chi connectivity index (χ2n) is 6.81. The summed E-state index contributed by atoms with van der Waals surface area (Å²) in [5, 5.41) is 11.9. The zero-order valence-electron chi connectivity index (χ0n) is 15.9. The number of nitrogens with one attached hydrogen (secondary N) is 1. The number of fused-ring (bicyclic) bond motifs is 1. The first kappa shape index (κ1) is 20.2. The van der Waals surface area contributed by atoms with Gasteiger partial charge in [0.25, 0.3) is 5.91 Å². The Labute approximate surface area is 167 Å². The van der Waals surface area contributed by atoms with E-state index in [0.717, 1.165) is 27.8 Å². The highest BCUT2D eigenvalue weighted by Crippen LogP contribution is 2.34. The average molecular weight is 419 g/mol. The Hall–Kier alpha value is -2.52. The van der Waals surface area contributed by atoms with E-state index in [1.165, 1.54) is 17.6 Å². The van der Waals surface area contributed by atoms with Gasteiger partial charge < -0.3 is 11.1 Å². The normalized spacial score (nSPS) is 11.7. The Morgan fingerprint density at radius 1 is 1.14 bits per heavy atom. The summed E-state index contributed by atoms with van der Waals surface area (Å²) in [5.41, 5.74) is 10.2. The molecule has 9 heteroatoms. The number of sulfone groups is 1. The largest absolute Gasteiger partial charge is 0.397 e. The number of nitrogens with two attached hydrogens (primary N) is 1. The lowest BCUT2D eigenvalue weighted by Crippen LogP contribution is -2.22. The summed E-state index contributed by atoms with van der Waals surface area (Å²) in [4.78, 5) is 13.7. The smallest absolute Gasteiger partial charge is 0.263 e. The zero-order valence-corrected chi connectivity index (χ0v) is 17.6. The number of hydrogen-bond acceptors (Lipinski definition) is 7. The molecule has 0 unspecified atom stereocenters. The topological polar surface area (TPSA) is 115 Å². The first-order valence-electron chi connectivity index (χ1n) is 8.71. The molecule has 2 heterocycles. The molecule has 0 saturated carbocycles. The van der Waals surface area contributed by atoms with Gasteiger partial charge in [-0.3, -0.25) is 4.79 Å². The Balaban J connectivity index is 1.68. The van der Waals surface area contributed by atoms with Crippen LogP contribution >= 0.6 is 11.3 Å². The van der Waals surface area contributed by atoms with Crippen molar-refractivity contribution < 1.29 is 13.2 Å². The molecule has 148 valence electrons.